The van der Waals surface area contributed by atoms with Crippen molar-refractivity contribution in [3.8, 4) is 11.7 Å². The predicted octanol–water partition coefficient (Wildman–Crippen LogP) is 2.61. The summed E-state index contributed by atoms with van der Waals surface area (Å²) in [6, 6.07) is 10.1. The van der Waals surface area contributed by atoms with E-state index in [1.54, 1.807) is 36.4 Å². The van der Waals surface area contributed by atoms with Gasteiger partial charge in [-0.1, -0.05) is 29.8 Å². The number of pyridine rings is 2. The van der Waals surface area contributed by atoms with Gasteiger partial charge < -0.3 is 5.11 Å². The van der Waals surface area contributed by atoms with Gasteiger partial charge in [-0.25, -0.2) is 19.6 Å². The highest BCUT2D eigenvalue weighted by atomic mass is 35.5. The molecule has 4 rings (SSSR count). The number of halogens is 1. The molecule has 2 N–H and O–H groups in total. The molecule has 0 aliphatic rings. The summed E-state index contributed by atoms with van der Waals surface area (Å²) in [5.74, 6) is 0.236. The first-order valence-electron chi connectivity index (χ1n) is 7.53. The summed E-state index contributed by atoms with van der Waals surface area (Å²) >= 11 is 5.86. The van der Waals surface area contributed by atoms with E-state index < -0.39 is 5.56 Å². The number of hydrogen-bond acceptors (Lipinski definition) is 6. The molecule has 0 spiro atoms. The van der Waals surface area contributed by atoms with Crippen molar-refractivity contribution in [1.82, 2.24) is 24.7 Å². The van der Waals surface area contributed by atoms with Crippen molar-refractivity contribution in [3.63, 3.8) is 0 Å². The van der Waals surface area contributed by atoms with E-state index in [9.17, 15) is 9.90 Å². The molecule has 0 aliphatic heterocycles. The number of aromatic amines is 1. The largest absolute Gasteiger partial charge is 0.494 e. The van der Waals surface area contributed by atoms with E-state index in [0.717, 1.165) is 4.57 Å². The zero-order valence-electron chi connectivity index (χ0n) is 13.2. The van der Waals surface area contributed by atoms with Gasteiger partial charge in [-0.15, -0.1) is 0 Å². The molecule has 0 unspecified atom stereocenters. The number of fused-ring (bicyclic) bond motifs is 1. The molecule has 0 aliphatic carbocycles. The van der Waals surface area contributed by atoms with Gasteiger partial charge in [0.25, 0.3) is 5.56 Å². The fourth-order valence-electron chi connectivity index (χ4n) is 2.59. The van der Waals surface area contributed by atoms with Gasteiger partial charge in [0, 0.05) is 23.2 Å². The highest BCUT2D eigenvalue weighted by molar-refractivity contribution is 6.30. The lowest BCUT2D eigenvalue weighted by molar-refractivity contribution is 0.435. The molecule has 0 bridgehead atoms. The highest BCUT2D eigenvalue weighted by Gasteiger charge is 2.17. The quantitative estimate of drug-likeness (QED) is 0.542. The molecule has 0 saturated heterocycles. The average Bonchev–Trinajstić information content (AvgIpc) is 3.17. The Morgan fingerprint density at radius 2 is 1.96 bits per heavy atom. The van der Waals surface area contributed by atoms with Crippen LogP contribution in [0.15, 0.2) is 58.7 Å². The maximum atomic E-state index is 12.9. The number of aliphatic imine (C=N–C) groups is 1. The molecule has 4 aromatic rings. The van der Waals surface area contributed by atoms with E-state index >= 15 is 0 Å². The van der Waals surface area contributed by atoms with Crippen LogP contribution in [-0.2, 0) is 0 Å². The standard InChI is InChI=1S/C17H11ClN6O2/c18-10-5-6-14(19-7-10)24-15(25)12-4-2-1-3-11(12)13(16(24)26)8-20-17-21-9-22-23-17/h1-9,26H,(H,21,22,23). The minimum atomic E-state index is -0.398. The first kappa shape index (κ1) is 16.0. The predicted molar refractivity (Wildman–Crippen MR) is 97.7 cm³/mol. The maximum absolute atomic E-state index is 12.9. The van der Waals surface area contributed by atoms with E-state index in [4.69, 9.17) is 11.6 Å². The van der Waals surface area contributed by atoms with Gasteiger partial charge in [0.1, 0.15) is 12.1 Å². The summed E-state index contributed by atoms with van der Waals surface area (Å²) in [5, 5.41) is 18.5. The number of rotatable bonds is 3. The van der Waals surface area contributed by atoms with Crippen molar-refractivity contribution in [2.75, 3.05) is 0 Å². The molecule has 3 aromatic heterocycles. The van der Waals surface area contributed by atoms with E-state index in [1.807, 2.05) is 0 Å². The second-order valence-corrected chi connectivity index (χ2v) is 5.76. The molecular weight excluding hydrogens is 356 g/mol. The lowest BCUT2D eigenvalue weighted by Gasteiger charge is -2.12. The molecule has 0 saturated carbocycles. The highest BCUT2D eigenvalue weighted by Crippen LogP contribution is 2.25. The molecule has 1 aromatic carbocycles. The summed E-state index contributed by atoms with van der Waals surface area (Å²) in [4.78, 5) is 25.1. The Bertz CT molecular complexity index is 1170. The number of aromatic nitrogens is 5. The molecule has 0 atom stereocenters. The van der Waals surface area contributed by atoms with Crippen LogP contribution in [0.3, 0.4) is 0 Å². The summed E-state index contributed by atoms with van der Waals surface area (Å²) in [7, 11) is 0. The maximum Gasteiger partial charge on any atom is 0.267 e. The Kier molecular flexibility index (Phi) is 3.94. The van der Waals surface area contributed by atoms with Crippen LogP contribution in [0, 0.1) is 0 Å². The fourth-order valence-corrected chi connectivity index (χ4v) is 2.70. The SMILES string of the molecule is O=c1c2ccccc2c(C=Nc2ncn[nH]2)c(O)n1-c1ccc(Cl)cn1. The van der Waals surface area contributed by atoms with Crippen LogP contribution in [-0.4, -0.2) is 36.1 Å². The van der Waals surface area contributed by atoms with E-state index in [2.05, 4.69) is 25.2 Å². The molecule has 3 heterocycles. The van der Waals surface area contributed by atoms with Gasteiger partial charge in [0.05, 0.1) is 10.6 Å². The Balaban J connectivity index is 2.01. The second kappa shape index (κ2) is 6.41. The van der Waals surface area contributed by atoms with E-state index in [0.29, 0.717) is 21.4 Å². The smallest absolute Gasteiger partial charge is 0.267 e. The molecule has 128 valence electrons. The van der Waals surface area contributed by atoms with Gasteiger partial charge in [0.2, 0.25) is 11.8 Å². The first-order chi connectivity index (χ1) is 12.6. The fraction of sp³-hybridized carbons (Fsp3) is 0. The van der Waals surface area contributed by atoms with Crippen molar-refractivity contribution >= 4 is 34.5 Å². The van der Waals surface area contributed by atoms with Crippen LogP contribution in [0.5, 0.6) is 5.88 Å². The topological polar surface area (TPSA) is 109 Å². The molecular formula is C17H11ClN6O2. The van der Waals surface area contributed by atoms with Crippen LogP contribution >= 0.6 is 11.6 Å². The zero-order chi connectivity index (χ0) is 18.1. The third-order valence-electron chi connectivity index (χ3n) is 3.76. The second-order valence-electron chi connectivity index (χ2n) is 5.33. The number of benzene rings is 1. The van der Waals surface area contributed by atoms with Crippen molar-refractivity contribution < 1.29 is 5.11 Å². The molecule has 9 heteroatoms. The molecule has 0 amide bonds. The number of H-pyrrole nitrogens is 1. The number of nitrogens with one attached hydrogen (secondary N) is 1. The normalized spacial score (nSPS) is 11.4. The van der Waals surface area contributed by atoms with Gasteiger partial charge in [0.15, 0.2) is 0 Å². The molecule has 0 radical (unpaired) electrons. The molecule has 0 fully saturated rings. The summed E-state index contributed by atoms with van der Waals surface area (Å²) in [6.07, 6.45) is 4.15. The molecule has 8 nitrogen and oxygen atoms in total. The lowest BCUT2D eigenvalue weighted by atomic mass is 10.1. The number of nitrogens with zero attached hydrogens (tertiary/aromatic N) is 5. The average molecular weight is 367 g/mol. The third kappa shape index (κ3) is 2.72. The van der Waals surface area contributed by atoms with Crippen molar-refractivity contribution in [2.45, 2.75) is 0 Å². The van der Waals surface area contributed by atoms with Crippen LogP contribution in [0.25, 0.3) is 16.6 Å². The van der Waals surface area contributed by atoms with Gasteiger partial charge in [-0.05, 0) is 18.2 Å². The van der Waals surface area contributed by atoms with Gasteiger partial charge >= 0.3 is 0 Å². The Labute approximate surface area is 151 Å². The third-order valence-corrected chi connectivity index (χ3v) is 3.99. The first-order valence-corrected chi connectivity index (χ1v) is 7.91. The Hall–Kier alpha value is -3.52. The van der Waals surface area contributed by atoms with Crippen molar-refractivity contribution in [3.05, 3.63) is 69.9 Å². The number of hydrogen-bond donors (Lipinski definition) is 2. The monoisotopic (exact) mass is 366 g/mol. The van der Waals surface area contributed by atoms with Crippen molar-refractivity contribution in [2.24, 2.45) is 4.99 Å². The zero-order valence-corrected chi connectivity index (χ0v) is 13.9. The molecule has 26 heavy (non-hydrogen) atoms. The summed E-state index contributed by atoms with van der Waals surface area (Å²) in [5.41, 5.74) is -0.0434. The van der Waals surface area contributed by atoms with E-state index in [1.165, 1.54) is 18.7 Å². The minimum absolute atomic E-state index is 0.247. The lowest BCUT2D eigenvalue weighted by Crippen LogP contribution is -2.21. The van der Waals surface area contributed by atoms with Crippen LogP contribution < -0.4 is 5.56 Å². The Morgan fingerprint density at radius 1 is 1.15 bits per heavy atom. The van der Waals surface area contributed by atoms with E-state index in [-0.39, 0.29) is 17.6 Å². The summed E-state index contributed by atoms with van der Waals surface area (Å²) < 4.78 is 1.11. The minimum Gasteiger partial charge on any atom is -0.494 e. The van der Waals surface area contributed by atoms with Crippen LogP contribution in [0.1, 0.15) is 5.56 Å². The van der Waals surface area contributed by atoms with Crippen LogP contribution in [0.2, 0.25) is 5.02 Å². The Morgan fingerprint density at radius 3 is 2.65 bits per heavy atom. The number of aromatic hydroxyl groups is 1. The van der Waals surface area contributed by atoms with Gasteiger partial charge in [-0.3, -0.25) is 4.79 Å². The van der Waals surface area contributed by atoms with Gasteiger partial charge in [-0.2, -0.15) is 10.1 Å². The van der Waals surface area contributed by atoms with Crippen molar-refractivity contribution in [1.29, 1.82) is 0 Å². The summed E-state index contributed by atoms with van der Waals surface area (Å²) in [6.45, 7) is 0. The van der Waals surface area contributed by atoms with Crippen LogP contribution in [0.4, 0.5) is 5.95 Å².